The highest BCUT2D eigenvalue weighted by Gasteiger charge is 2.31. The predicted molar refractivity (Wildman–Crippen MR) is 71.8 cm³/mol. The highest BCUT2D eigenvalue weighted by Crippen LogP contribution is 2.33. The molecule has 1 amide bonds. The molecule has 0 unspecified atom stereocenters. The highest BCUT2D eigenvalue weighted by atomic mass is 127. The van der Waals surface area contributed by atoms with Crippen LogP contribution in [0.15, 0.2) is 17.0 Å². The molecule has 98 valence electrons. The third-order valence-electron chi connectivity index (χ3n) is 2.52. The molecule has 18 heavy (non-hydrogen) atoms. The molecule has 8 heteroatoms. The first kappa shape index (κ1) is 13.7. The number of anilines is 1. The van der Waals surface area contributed by atoms with E-state index in [0.717, 1.165) is 25.0 Å². The molecule has 3 N–H and O–H groups in total. The lowest BCUT2D eigenvalue weighted by Gasteiger charge is -2.11. The van der Waals surface area contributed by atoms with Crippen molar-refractivity contribution in [3.63, 3.8) is 0 Å². The molecular formula is C10H10FIN2O3S. The topological polar surface area (TPSA) is 89.3 Å². The van der Waals surface area contributed by atoms with Gasteiger partial charge in [0.15, 0.2) is 0 Å². The first-order valence-electron chi connectivity index (χ1n) is 5.12. The molecule has 2 rings (SSSR count). The van der Waals surface area contributed by atoms with Crippen LogP contribution in [-0.4, -0.2) is 14.3 Å². The number of nitrogens with two attached hydrogens (primary N) is 1. The van der Waals surface area contributed by atoms with Gasteiger partial charge in [-0.1, -0.05) is 0 Å². The second kappa shape index (κ2) is 4.74. The first-order chi connectivity index (χ1) is 8.29. The second-order valence-electron chi connectivity index (χ2n) is 4.07. The fraction of sp³-hybridized carbons (Fsp3) is 0.300. The number of hydrogen-bond acceptors (Lipinski definition) is 3. The van der Waals surface area contributed by atoms with Crippen molar-refractivity contribution >= 4 is 44.2 Å². The Morgan fingerprint density at radius 3 is 2.56 bits per heavy atom. The fourth-order valence-electron chi connectivity index (χ4n) is 1.47. The summed E-state index contributed by atoms with van der Waals surface area (Å²) in [6, 6.07) is 1.94. The van der Waals surface area contributed by atoms with Gasteiger partial charge in [0.2, 0.25) is 15.9 Å². The van der Waals surface area contributed by atoms with E-state index in [4.69, 9.17) is 5.14 Å². The lowest BCUT2D eigenvalue weighted by atomic mass is 10.3. The SMILES string of the molecule is NS(=O)(=O)c1cc(F)cc(I)c1NC(=O)C1CC1. The van der Waals surface area contributed by atoms with Crippen LogP contribution in [0, 0.1) is 15.3 Å². The first-order valence-corrected chi connectivity index (χ1v) is 7.74. The molecule has 1 aromatic rings. The van der Waals surface area contributed by atoms with Gasteiger partial charge in [-0.15, -0.1) is 0 Å². The zero-order valence-corrected chi connectivity index (χ0v) is 12.1. The van der Waals surface area contributed by atoms with Gasteiger partial charge >= 0.3 is 0 Å². The number of nitrogens with one attached hydrogen (secondary N) is 1. The van der Waals surface area contributed by atoms with Crippen LogP contribution < -0.4 is 10.5 Å². The summed E-state index contributed by atoms with van der Waals surface area (Å²) in [5.74, 6) is -1.06. The van der Waals surface area contributed by atoms with Gasteiger partial charge in [-0.3, -0.25) is 4.79 Å². The fourth-order valence-corrected chi connectivity index (χ4v) is 3.09. The molecule has 0 radical (unpaired) electrons. The molecule has 0 spiro atoms. The molecule has 5 nitrogen and oxygen atoms in total. The van der Waals surface area contributed by atoms with Crippen LogP contribution in [0.3, 0.4) is 0 Å². The Kier molecular flexibility index (Phi) is 3.60. The lowest BCUT2D eigenvalue weighted by Crippen LogP contribution is -2.20. The zero-order valence-electron chi connectivity index (χ0n) is 9.11. The van der Waals surface area contributed by atoms with Gasteiger partial charge in [-0.25, -0.2) is 17.9 Å². The van der Waals surface area contributed by atoms with Crippen LogP contribution in [0.25, 0.3) is 0 Å². The van der Waals surface area contributed by atoms with Crippen molar-refractivity contribution in [1.82, 2.24) is 0 Å². The van der Waals surface area contributed by atoms with Crippen LogP contribution in [-0.2, 0) is 14.8 Å². The molecule has 1 aliphatic rings. The van der Waals surface area contributed by atoms with Gasteiger partial charge in [-0.2, -0.15) is 0 Å². The minimum absolute atomic E-state index is 0.0522. The average Bonchev–Trinajstić information content (AvgIpc) is 3.03. The number of halogens is 2. The molecular weight excluding hydrogens is 374 g/mol. The Bertz CT molecular complexity index is 614. The largest absolute Gasteiger partial charge is 0.324 e. The second-order valence-corrected chi connectivity index (χ2v) is 6.76. The quantitative estimate of drug-likeness (QED) is 0.773. The van der Waals surface area contributed by atoms with Gasteiger partial charge in [0, 0.05) is 9.49 Å². The lowest BCUT2D eigenvalue weighted by molar-refractivity contribution is -0.117. The third kappa shape index (κ3) is 2.98. The van der Waals surface area contributed by atoms with Crippen LogP contribution in [0.1, 0.15) is 12.8 Å². The number of benzene rings is 1. The number of sulfonamides is 1. The minimum atomic E-state index is -4.09. The van der Waals surface area contributed by atoms with Crippen molar-refractivity contribution in [2.45, 2.75) is 17.7 Å². The molecule has 0 heterocycles. The monoisotopic (exact) mass is 384 g/mol. The summed E-state index contributed by atoms with van der Waals surface area (Å²) in [7, 11) is -4.09. The van der Waals surface area contributed by atoms with E-state index < -0.39 is 20.7 Å². The minimum Gasteiger partial charge on any atom is -0.324 e. The van der Waals surface area contributed by atoms with Gasteiger partial charge in [0.1, 0.15) is 10.7 Å². The Hall–Kier alpha value is -0.740. The van der Waals surface area contributed by atoms with Crippen molar-refractivity contribution in [3.05, 3.63) is 21.5 Å². The highest BCUT2D eigenvalue weighted by molar-refractivity contribution is 14.1. The summed E-state index contributed by atoms with van der Waals surface area (Å²) in [5.41, 5.74) is 0.0522. The summed E-state index contributed by atoms with van der Waals surface area (Å²) >= 11 is 1.75. The van der Waals surface area contributed by atoms with Gasteiger partial charge < -0.3 is 5.32 Å². The maximum atomic E-state index is 13.2. The van der Waals surface area contributed by atoms with Gasteiger partial charge in [0.05, 0.1) is 5.69 Å². The number of hydrogen-bond donors (Lipinski definition) is 2. The van der Waals surface area contributed by atoms with E-state index in [1.54, 1.807) is 22.6 Å². The van der Waals surface area contributed by atoms with Crippen molar-refractivity contribution < 1.29 is 17.6 Å². The van der Waals surface area contributed by atoms with E-state index >= 15 is 0 Å². The Morgan fingerprint density at radius 1 is 1.44 bits per heavy atom. The van der Waals surface area contributed by atoms with Crippen molar-refractivity contribution in [2.75, 3.05) is 5.32 Å². The molecule has 0 bridgehead atoms. The number of carbonyl (C=O) groups is 1. The molecule has 0 aromatic heterocycles. The molecule has 1 aromatic carbocycles. The Morgan fingerprint density at radius 2 is 2.06 bits per heavy atom. The Labute approximate surface area is 117 Å². The average molecular weight is 384 g/mol. The molecule has 0 saturated heterocycles. The van der Waals surface area contributed by atoms with E-state index in [1.165, 1.54) is 0 Å². The standard InChI is InChI=1S/C10H10FIN2O3S/c11-6-3-7(12)9(8(4-6)18(13,16)17)14-10(15)5-1-2-5/h3-5H,1-2H2,(H,14,15)(H2,13,16,17). The molecule has 1 fully saturated rings. The van der Waals surface area contributed by atoms with E-state index in [2.05, 4.69) is 5.32 Å². The predicted octanol–water partition coefficient (Wildman–Crippen LogP) is 1.43. The van der Waals surface area contributed by atoms with Gasteiger partial charge in [-0.05, 0) is 47.6 Å². The van der Waals surface area contributed by atoms with E-state index in [-0.39, 0.29) is 17.5 Å². The molecule has 1 saturated carbocycles. The van der Waals surface area contributed by atoms with Crippen molar-refractivity contribution in [3.8, 4) is 0 Å². The van der Waals surface area contributed by atoms with Crippen LogP contribution >= 0.6 is 22.6 Å². The summed E-state index contributed by atoms with van der Waals surface area (Å²) in [5, 5.41) is 7.52. The maximum absolute atomic E-state index is 13.2. The number of carbonyl (C=O) groups excluding carboxylic acids is 1. The Balaban J connectivity index is 2.46. The number of rotatable bonds is 3. The van der Waals surface area contributed by atoms with Crippen LogP contribution in [0.2, 0.25) is 0 Å². The van der Waals surface area contributed by atoms with Crippen LogP contribution in [0.4, 0.5) is 10.1 Å². The molecule has 1 aliphatic carbocycles. The van der Waals surface area contributed by atoms with Crippen LogP contribution in [0.5, 0.6) is 0 Å². The van der Waals surface area contributed by atoms with E-state index in [1.807, 2.05) is 0 Å². The third-order valence-corrected chi connectivity index (χ3v) is 4.31. The van der Waals surface area contributed by atoms with Gasteiger partial charge in [0.25, 0.3) is 0 Å². The van der Waals surface area contributed by atoms with Crippen molar-refractivity contribution in [2.24, 2.45) is 11.1 Å². The zero-order chi connectivity index (χ0) is 13.5. The summed E-state index contributed by atoms with van der Waals surface area (Å²) in [6.45, 7) is 0. The smallest absolute Gasteiger partial charge is 0.240 e. The van der Waals surface area contributed by atoms with E-state index in [0.29, 0.717) is 3.57 Å². The maximum Gasteiger partial charge on any atom is 0.240 e. The summed E-state index contributed by atoms with van der Waals surface area (Å²) < 4.78 is 36.3. The molecule has 0 aliphatic heterocycles. The van der Waals surface area contributed by atoms with Crippen molar-refractivity contribution in [1.29, 1.82) is 0 Å². The normalized spacial score (nSPS) is 15.5. The molecule has 0 atom stereocenters. The number of primary sulfonamides is 1. The number of amides is 1. The van der Waals surface area contributed by atoms with E-state index in [9.17, 15) is 17.6 Å². The summed E-state index contributed by atoms with van der Waals surface area (Å²) in [6.07, 6.45) is 1.57. The summed E-state index contributed by atoms with van der Waals surface area (Å²) in [4.78, 5) is 11.2.